The third-order valence-corrected chi connectivity index (χ3v) is 4.03. The Morgan fingerprint density at radius 1 is 1.22 bits per heavy atom. The average Bonchev–Trinajstić information content (AvgIpc) is 3.04. The molecule has 0 spiro atoms. The van der Waals surface area contributed by atoms with Gasteiger partial charge in [0.15, 0.2) is 0 Å². The van der Waals surface area contributed by atoms with E-state index in [-0.39, 0.29) is 17.9 Å². The molecule has 1 saturated heterocycles. The fourth-order valence-electron chi connectivity index (χ4n) is 3.04. The van der Waals surface area contributed by atoms with Crippen molar-refractivity contribution >= 4 is 17.5 Å². The van der Waals surface area contributed by atoms with Crippen LogP contribution < -0.4 is 5.32 Å². The summed E-state index contributed by atoms with van der Waals surface area (Å²) in [5, 5.41) is 2.72. The molecule has 5 heteroatoms. The molecule has 1 aromatic carbocycles. The highest BCUT2D eigenvalue weighted by molar-refractivity contribution is 5.97. The molecule has 0 aliphatic carbocycles. The van der Waals surface area contributed by atoms with E-state index in [1.807, 2.05) is 17.0 Å². The molecule has 1 aromatic heterocycles. The predicted molar refractivity (Wildman–Crippen MR) is 88.0 cm³/mol. The van der Waals surface area contributed by atoms with E-state index in [2.05, 4.69) is 10.3 Å². The van der Waals surface area contributed by atoms with Crippen molar-refractivity contribution in [2.45, 2.75) is 25.8 Å². The van der Waals surface area contributed by atoms with Crippen LogP contribution in [0.15, 0.2) is 48.8 Å². The Morgan fingerprint density at radius 3 is 2.74 bits per heavy atom. The van der Waals surface area contributed by atoms with Gasteiger partial charge in [0, 0.05) is 37.1 Å². The maximum Gasteiger partial charge on any atom is 0.254 e. The van der Waals surface area contributed by atoms with Crippen LogP contribution in [-0.4, -0.2) is 28.2 Å². The molecular formula is C18H19N3O2. The molecule has 1 atom stereocenters. The Balaban J connectivity index is 1.83. The fourth-order valence-corrected chi connectivity index (χ4v) is 3.04. The molecule has 1 aliphatic heterocycles. The van der Waals surface area contributed by atoms with Gasteiger partial charge in [-0.3, -0.25) is 14.6 Å². The molecule has 118 valence electrons. The summed E-state index contributed by atoms with van der Waals surface area (Å²) in [5.41, 5.74) is 2.35. The molecule has 23 heavy (non-hydrogen) atoms. The van der Waals surface area contributed by atoms with E-state index < -0.39 is 0 Å². The third-order valence-electron chi connectivity index (χ3n) is 4.03. The van der Waals surface area contributed by atoms with Crippen LogP contribution >= 0.6 is 0 Å². The highest BCUT2D eigenvalue weighted by atomic mass is 16.2. The van der Waals surface area contributed by atoms with Crippen LogP contribution in [0.3, 0.4) is 0 Å². The Labute approximate surface area is 135 Å². The van der Waals surface area contributed by atoms with E-state index in [1.54, 1.807) is 36.7 Å². The lowest BCUT2D eigenvalue weighted by Crippen LogP contribution is -2.30. The van der Waals surface area contributed by atoms with Gasteiger partial charge in [0.25, 0.3) is 5.91 Å². The van der Waals surface area contributed by atoms with E-state index in [0.29, 0.717) is 11.3 Å². The van der Waals surface area contributed by atoms with Gasteiger partial charge < -0.3 is 10.2 Å². The molecule has 0 saturated carbocycles. The van der Waals surface area contributed by atoms with E-state index in [1.165, 1.54) is 6.92 Å². The van der Waals surface area contributed by atoms with E-state index in [0.717, 1.165) is 24.9 Å². The summed E-state index contributed by atoms with van der Waals surface area (Å²) in [6.07, 6.45) is 5.46. The number of benzene rings is 1. The molecule has 0 bridgehead atoms. The summed E-state index contributed by atoms with van der Waals surface area (Å²) in [7, 11) is 0. The molecule has 3 rings (SSSR count). The van der Waals surface area contributed by atoms with Crippen LogP contribution in [0, 0.1) is 0 Å². The van der Waals surface area contributed by atoms with Crippen molar-refractivity contribution in [1.29, 1.82) is 0 Å². The van der Waals surface area contributed by atoms with Crippen molar-refractivity contribution in [3.05, 3.63) is 59.9 Å². The minimum atomic E-state index is -0.148. The highest BCUT2D eigenvalue weighted by Gasteiger charge is 2.30. The zero-order chi connectivity index (χ0) is 16.2. The Morgan fingerprint density at radius 2 is 2.00 bits per heavy atom. The maximum absolute atomic E-state index is 12.9. The van der Waals surface area contributed by atoms with Crippen molar-refractivity contribution in [2.24, 2.45) is 0 Å². The number of nitrogens with zero attached hydrogens (tertiary/aromatic N) is 2. The first-order valence-corrected chi connectivity index (χ1v) is 7.73. The SMILES string of the molecule is CC(=O)Nc1cccc(C(=O)N2CCC[C@@H]2c2ccncc2)c1. The van der Waals surface area contributed by atoms with Crippen LogP contribution in [-0.2, 0) is 4.79 Å². The summed E-state index contributed by atoms with van der Waals surface area (Å²) >= 11 is 0. The zero-order valence-electron chi connectivity index (χ0n) is 13.0. The van der Waals surface area contributed by atoms with Crippen LogP contribution in [0.1, 0.15) is 41.7 Å². The van der Waals surface area contributed by atoms with Crippen LogP contribution in [0.25, 0.3) is 0 Å². The lowest BCUT2D eigenvalue weighted by molar-refractivity contribution is -0.114. The van der Waals surface area contributed by atoms with Crippen molar-refractivity contribution < 1.29 is 9.59 Å². The smallest absolute Gasteiger partial charge is 0.254 e. The number of anilines is 1. The summed E-state index contributed by atoms with van der Waals surface area (Å²) in [5.74, 6) is -0.151. The molecule has 5 nitrogen and oxygen atoms in total. The monoisotopic (exact) mass is 309 g/mol. The zero-order valence-corrected chi connectivity index (χ0v) is 13.0. The van der Waals surface area contributed by atoms with Crippen LogP contribution in [0.2, 0.25) is 0 Å². The molecule has 1 fully saturated rings. The Bertz CT molecular complexity index is 715. The Hall–Kier alpha value is -2.69. The summed E-state index contributed by atoms with van der Waals surface area (Å²) in [6, 6.07) is 11.1. The summed E-state index contributed by atoms with van der Waals surface area (Å²) in [6.45, 7) is 2.20. The van der Waals surface area contributed by atoms with Gasteiger partial charge in [-0.05, 0) is 48.7 Å². The second-order valence-electron chi connectivity index (χ2n) is 5.70. The number of pyridine rings is 1. The van der Waals surface area contributed by atoms with Gasteiger partial charge in [0.2, 0.25) is 5.91 Å². The van der Waals surface area contributed by atoms with Gasteiger partial charge in [-0.25, -0.2) is 0 Å². The highest BCUT2D eigenvalue weighted by Crippen LogP contribution is 2.33. The molecule has 2 aromatic rings. The second kappa shape index (κ2) is 6.60. The standard InChI is InChI=1S/C18H19N3O2/c1-13(22)20-16-5-2-4-15(12-16)18(23)21-11-3-6-17(21)14-7-9-19-10-8-14/h2,4-5,7-10,12,17H,3,6,11H2,1H3,(H,20,22)/t17-/m1/s1. The minimum absolute atomic E-state index is 0.00323. The molecule has 0 unspecified atom stereocenters. The lowest BCUT2D eigenvalue weighted by atomic mass is 10.1. The van der Waals surface area contributed by atoms with Gasteiger partial charge in [0.05, 0.1) is 6.04 Å². The number of hydrogen-bond acceptors (Lipinski definition) is 3. The number of nitrogens with one attached hydrogen (secondary N) is 1. The molecule has 0 radical (unpaired) electrons. The number of likely N-dealkylation sites (tertiary alicyclic amines) is 1. The predicted octanol–water partition coefficient (Wildman–Crippen LogP) is 3.02. The van der Waals surface area contributed by atoms with E-state index >= 15 is 0 Å². The molecule has 1 aliphatic rings. The lowest BCUT2D eigenvalue weighted by Gasteiger charge is -2.25. The summed E-state index contributed by atoms with van der Waals surface area (Å²) in [4.78, 5) is 30.0. The first-order valence-electron chi connectivity index (χ1n) is 7.73. The maximum atomic E-state index is 12.9. The number of amides is 2. The van der Waals surface area contributed by atoms with E-state index in [4.69, 9.17) is 0 Å². The number of carbonyl (C=O) groups is 2. The van der Waals surface area contributed by atoms with Gasteiger partial charge in [-0.1, -0.05) is 6.07 Å². The number of hydrogen-bond donors (Lipinski definition) is 1. The van der Waals surface area contributed by atoms with Crippen molar-refractivity contribution in [3.63, 3.8) is 0 Å². The van der Waals surface area contributed by atoms with Crippen LogP contribution in [0.4, 0.5) is 5.69 Å². The Kier molecular flexibility index (Phi) is 4.37. The van der Waals surface area contributed by atoms with E-state index in [9.17, 15) is 9.59 Å². The van der Waals surface area contributed by atoms with Gasteiger partial charge in [-0.15, -0.1) is 0 Å². The van der Waals surface area contributed by atoms with Crippen molar-refractivity contribution in [1.82, 2.24) is 9.88 Å². The normalized spacial score (nSPS) is 17.1. The summed E-state index contributed by atoms with van der Waals surface area (Å²) < 4.78 is 0. The van der Waals surface area contributed by atoms with Gasteiger partial charge in [-0.2, -0.15) is 0 Å². The largest absolute Gasteiger partial charge is 0.332 e. The van der Waals surface area contributed by atoms with Gasteiger partial charge in [0.1, 0.15) is 0 Å². The first-order chi connectivity index (χ1) is 11.1. The second-order valence-corrected chi connectivity index (χ2v) is 5.70. The first kappa shape index (κ1) is 15.2. The number of aromatic nitrogens is 1. The molecular weight excluding hydrogens is 290 g/mol. The third kappa shape index (κ3) is 3.39. The fraction of sp³-hybridized carbons (Fsp3) is 0.278. The number of rotatable bonds is 3. The topological polar surface area (TPSA) is 62.3 Å². The molecule has 1 N–H and O–H groups in total. The minimum Gasteiger partial charge on any atom is -0.332 e. The average molecular weight is 309 g/mol. The van der Waals surface area contributed by atoms with Crippen molar-refractivity contribution in [3.8, 4) is 0 Å². The molecule has 2 heterocycles. The van der Waals surface area contributed by atoms with Crippen molar-refractivity contribution in [2.75, 3.05) is 11.9 Å². The quantitative estimate of drug-likeness (QED) is 0.948. The van der Waals surface area contributed by atoms with Gasteiger partial charge >= 0.3 is 0 Å². The molecule has 2 amide bonds. The van der Waals surface area contributed by atoms with Crippen LogP contribution in [0.5, 0.6) is 0 Å². The number of carbonyl (C=O) groups excluding carboxylic acids is 2.